The van der Waals surface area contributed by atoms with Crippen LogP contribution in [0.25, 0.3) is 22.6 Å². The number of hydrogen-bond donors (Lipinski definition) is 1. The molecule has 0 bridgehead atoms. The van der Waals surface area contributed by atoms with Crippen LogP contribution in [0.2, 0.25) is 5.02 Å². The zero-order valence-electron chi connectivity index (χ0n) is 20.2. The molecule has 5 aromatic rings. The molecule has 5 rings (SSSR count). The Balaban J connectivity index is 1.47. The summed E-state index contributed by atoms with van der Waals surface area (Å²) in [5, 5.41) is 3.49. The molecule has 0 radical (unpaired) electrons. The molecule has 0 aliphatic carbocycles. The summed E-state index contributed by atoms with van der Waals surface area (Å²) < 4.78 is 6.04. The number of fused-ring (bicyclic) bond motifs is 1. The van der Waals surface area contributed by atoms with E-state index in [9.17, 15) is 4.79 Å². The lowest BCUT2D eigenvalue weighted by Gasteiger charge is -2.18. The maximum absolute atomic E-state index is 13.6. The van der Waals surface area contributed by atoms with Gasteiger partial charge in [0.05, 0.1) is 16.6 Å². The summed E-state index contributed by atoms with van der Waals surface area (Å²) in [4.78, 5) is 18.3. The van der Waals surface area contributed by atoms with E-state index >= 15 is 0 Å². The molecule has 5 heteroatoms. The molecule has 1 atom stereocenters. The molecule has 4 nitrogen and oxygen atoms in total. The van der Waals surface area contributed by atoms with Crippen LogP contribution in [0.1, 0.15) is 48.8 Å². The van der Waals surface area contributed by atoms with Gasteiger partial charge in [0.1, 0.15) is 5.52 Å². The number of oxazole rings is 1. The second-order valence-electron chi connectivity index (χ2n) is 8.99. The summed E-state index contributed by atoms with van der Waals surface area (Å²) in [5.41, 5.74) is 5.85. The van der Waals surface area contributed by atoms with E-state index in [1.54, 1.807) is 6.07 Å². The highest BCUT2D eigenvalue weighted by Gasteiger charge is 2.23. The smallest absolute Gasteiger partial charge is 0.236 e. The van der Waals surface area contributed by atoms with Crippen LogP contribution in [0.5, 0.6) is 0 Å². The zero-order valence-corrected chi connectivity index (χ0v) is 21.0. The molecule has 0 saturated carbocycles. The number of nitrogens with one attached hydrogen (secondary N) is 1. The topological polar surface area (TPSA) is 55.1 Å². The average molecular weight is 495 g/mol. The van der Waals surface area contributed by atoms with Crippen LogP contribution in [0.3, 0.4) is 0 Å². The van der Waals surface area contributed by atoms with Crippen molar-refractivity contribution in [3.63, 3.8) is 0 Å². The SMILES string of the molecule is CCC(C)c1ccc2oc(-c3ccc(Cl)c(NC(=O)C(c4ccccc4)c4ccccc4)c3)nc2c1. The van der Waals surface area contributed by atoms with E-state index in [1.165, 1.54) is 5.56 Å². The Labute approximate surface area is 216 Å². The Hall–Kier alpha value is -3.89. The van der Waals surface area contributed by atoms with Crippen molar-refractivity contribution in [3.8, 4) is 11.5 Å². The highest BCUT2D eigenvalue weighted by molar-refractivity contribution is 6.34. The summed E-state index contributed by atoms with van der Waals surface area (Å²) in [6, 6.07) is 31.0. The molecular formula is C31H27ClN2O2. The number of nitrogens with zero attached hydrogens (tertiary/aromatic N) is 1. The lowest BCUT2D eigenvalue weighted by molar-refractivity contribution is -0.116. The number of anilines is 1. The van der Waals surface area contributed by atoms with Crippen LogP contribution >= 0.6 is 11.6 Å². The summed E-state index contributed by atoms with van der Waals surface area (Å²) in [6.45, 7) is 4.38. The molecule has 0 fully saturated rings. The normalized spacial score (nSPS) is 12.1. The van der Waals surface area contributed by atoms with Crippen molar-refractivity contribution in [3.05, 3.63) is 119 Å². The third-order valence-electron chi connectivity index (χ3n) is 6.59. The van der Waals surface area contributed by atoms with Crippen LogP contribution in [0.15, 0.2) is 101 Å². The lowest BCUT2D eigenvalue weighted by atomic mass is 9.90. The molecule has 1 N–H and O–H groups in total. The van der Waals surface area contributed by atoms with Crippen molar-refractivity contribution < 1.29 is 9.21 Å². The molecule has 4 aromatic carbocycles. The maximum Gasteiger partial charge on any atom is 0.236 e. The van der Waals surface area contributed by atoms with Crippen LogP contribution in [0.4, 0.5) is 5.69 Å². The monoisotopic (exact) mass is 494 g/mol. The fraction of sp³-hybridized carbons (Fsp3) is 0.161. The number of halogens is 1. The number of benzene rings is 4. The second-order valence-corrected chi connectivity index (χ2v) is 9.40. The van der Waals surface area contributed by atoms with Crippen LogP contribution < -0.4 is 5.32 Å². The summed E-state index contributed by atoms with van der Waals surface area (Å²) in [6.07, 6.45) is 1.06. The van der Waals surface area contributed by atoms with Crippen molar-refractivity contribution in [2.75, 3.05) is 5.32 Å². The first-order valence-electron chi connectivity index (χ1n) is 12.1. The third kappa shape index (κ3) is 4.91. The number of amides is 1. The first-order chi connectivity index (χ1) is 17.5. The van der Waals surface area contributed by atoms with Crippen molar-refractivity contribution in [2.45, 2.75) is 32.1 Å². The van der Waals surface area contributed by atoms with Crippen LogP contribution in [0, 0.1) is 0 Å². The van der Waals surface area contributed by atoms with Gasteiger partial charge in [-0.05, 0) is 59.4 Å². The van der Waals surface area contributed by atoms with Crippen LogP contribution in [-0.2, 0) is 4.79 Å². The standard InChI is InChI=1S/C31H27ClN2O2/c1-3-20(2)23-15-17-28-27(18-23)34-31(36-28)24-14-16-25(32)26(19-24)33-30(35)29(21-10-6-4-7-11-21)22-12-8-5-9-13-22/h4-20,29H,3H2,1-2H3,(H,33,35). The predicted molar refractivity (Wildman–Crippen MR) is 147 cm³/mol. The third-order valence-corrected chi connectivity index (χ3v) is 6.92. The Bertz CT molecular complexity index is 1460. The van der Waals surface area contributed by atoms with Gasteiger partial charge in [0.15, 0.2) is 5.58 Å². The molecule has 180 valence electrons. The minimum absolute atomic E-state index is 0.165. The van der Waals surface area contributed by atoms with Crippen LogP contribution in [-0.4, -0.2) is 10.9 Å². The highest BCUT2D eigenvalue weighted by atomic mass is 35.5. The van der Waals surface area contributed by atoms with E-state index in [1.807, 2.05) is 78.9 Å². The van der Waals surface area contributed by atoms with Gasteiger partial charge >= 0.3 is 0 Å². The van der Waals surface area contributed by atoms with Gasteiger partial charge in [0.25, 0.3) is 0 Å². The van der Waals surface area contributed by atoms with Crippen molar-refractivity contribution in [2.24, 2.45) is 0 Å². The van der Waals surface area contributed by atoms with Gasteiger partial charge in [-0.3, -0.25) is 4.79 Å². The minimum Gasteiger partial charge on any atom is -0.436 e. The molecule has 0 saturated heterocycles. The molecule has 1 unspecified atom stereocenters. The average Bonchev–Trinajstić information content (AvgIpc) is 3.34. The van der Waals surface area contributed by atoms with E-state index in [0.717, 1.165) is 34.2 Å². The maximum atomic E-state index is 13.6. The molecule has 0 aliphatic rings. The largest absolute Gasteiger partial charge is 0.436 e. The Kier molecular flexibility index (Phi) is 6.88. The second kappa shape index (κ2) is 10.4. The number of carbonyl (C=O) groups excluding carboxylic acids is 1. The number of aromatic nitrogens is 1. The molecule has 1 heterocycles. The van der Waals surface area contributed by atoms with Crippen molar-refractivity contribution >= 4 is 34.3 Å². The number of hydrogen-bond acceptors (Lipinski definition) is 3. The quantitative estimate of drug-likeness (QED) is 0.247. The van der Waals surface area contributed by atoms with Crippen molar-refractivity contribution in [1.29, 1.82) is 0 Å². The minimum atomic E-state index is -0.476. The van der Waals surface area contributed by atoms with Gasteiger partial charge in [-0.2, -0.15) is 0 Å². The zero-order chi connectivity index (χ0) is 25.1. The predicted octanol–water partition coefficient (Wildman–Crippen LogP) is 8.43. The molecule has 36 heavy (non-hydrogen) atoms. The highest BCUT2D eigenvalue weighted by Crippen LogP contribution is 2.33. The van der Waals surface area contributed by atoms with Gasteiger partial charge in [-0.15, -0.1) is 0 Å². The number of carbonyl (C=O) groups is 1. The van der Waals surface area contributed by atoms with Gasteiger partial charge < -0.3 is 9.73 Å². The Morgan fingerprint density at radius 1 is 0.889 bits per heavy atom. The first kappa shape index (κ1) is 23.8. The summed E-state index contributed by atoms with van der Waals surface area (Å²) in [7, 11) is 0. The van der Waals surface area contributed by atoms with E-state index in [-0.39, 0.29) is 5.91 Å². The molecular weight excluding hydrogens is 468 g/mol. The van der Waals surface area contributed by atoms with Gasteiger partial charge in [-0.1, -0.05) is 92.2 Å². The molecule has 1 aromatic heterocycles. The Morgan fingerprint density at radius 3 is 2.19 bits per heavy atom. The van der Waals surface area contributed by atoms with E-state index in [4.69, 9.17) is 21.0 Å². The van der Waals surface area contributed by atoms with E-state index in [0.29, 0.717) is 22.5 Å². The fourth-order valence-corrected chi connectivity index (χ4v) is 4.52. The Morgan fingerprint density at radius 2 is 1.56 bits per heavy atom. The van der Waals surface area contributed by atoms with Gasteiger partial charge in [-0.25, -0.2) is 4.98 Å². The molecule has 0 spiro atoms. The first-order valence-corrected chi connectivity index (χ1v) is 12.5. The van der Waals surface area contributed by atoms with E-state index in [2.05, 4.69) is 31.3 Å². The summed E-state index contributed by atoms with van der Waals surface area (Å²) in [5.74, 6) is 0.299. The lowest BCUT2D eigenvalue weighted by Crippen LogP contribution is -2.22. The molecule has 1 amide bonds. The van der Waals surface area contributed by atoms with Crippen molar-refractivity contribution in [1.82, 2.24) is 4.98 Å². The van der Waals surface area contributed by atoms with Gasteiger partial charge in [0, 0.05) is 5.56 Å². The molecule has 0 aliphatic heterocycles. The number of rotatable bonds is 7. The van der Waals surface area contributed by atoms with E-state index < -0.39 is 5.92 Å². The van der Waals surface area contributed by atoms with Gasteiger partial charge in [0.2, 0.25) is 11.8 Å². The summed E-state index contributed by atoms with van der Waals surface area (Å²) >= 11 is 6.51. The fourth-order valence-electron chi connectivity index (χ4n) is 4.36.